The Morgan fingerprint density at radius 1 is 1.18 bits per heavy atom. The largest absolute Gasteiger partial charge is 0.509 e. The van der Waals surface area contributed by atoms with Crippen molar-refractivity contribution in [1.82, 2.24) is 14.5 Å². The highest BCUT2D eigenvalue weighted by molar-refractivity contribution is 5.66. The molecule has 0 spiro atoms. The molecular weight excluding hydrogens is 496 g/mol. The fraction of sp³-hybridized carbons (Fsp3) is 0.346. The third-order valence-corrected chi connectivity index (χ3v) is 5.86. The number of H-pyrrole nitrogens is 1. The minimum Gasteiger partial charge on any atom is -0.459 e. The molecule has 1 aliphatic rings. The fourth-order valence-electron chi connectivity index (χ4n) is 4.02. The Labute approximate surface area is 217 Å². The van der Waals surface area contributed by atoms with Crippen LogP contribution in [0, 0.1) is 6.92 Å². The van der Waals surface area contributed by atoms with E-state index in [-0.39, 0.29) is 19.6 Å². The number of hydrogen-bond donors (Lipinski definition) is 2. The molecule has 200 valence electrons. The van der Waals surface area contributed by atoms with E-state index in [9.17, 15) is 19.2 Å². The lowest BCUT2D eigenvalue weighted by atomic mass is 10.1. The summed E-state index contributed by atoms with van der Waals surface area (Å²) in [6.07, 6.45) is -1.00. The van der Waals surface area contributed by atoms with Gasteiger partial charge in [0.15, 0.2) is 0 Å². The number of esters is 1. The van der Waals surface area contributed by atoms with Crippen molar-refractivity contribution in [2.75, 3.05) is 18.5 Å². The molecule has 38 heavy (non-hydrogen) atoms. The number of nitrogens with one attached hydrogen (secondary N) is 2. The summed E-state index contributed by atoms with van der Waals surface area (Å²) < 4.78 is 23.4. The molecule has 0 amide bonds. The Hall–Kier alpha value is -4.45. The minimum absolute atomic E-state index is 0.120. The number of aryl methyl sites for hydroxylation is 1. The van der Waals surface area contributed by atoms with Gasteiger partial charge in [-0.2, -0.15) is 0 Å². The van der Waals surface area contributed by atoms with Crippen LogP contribution in [0.3, 0.4) is 0 Å². The first-order chi connectivity index (χ1) is 18.3. The first-order valence-electron chi connectivity index (χ1n) is 12.0. The third-order valence-electron chi connectivity index (χ3n) is 5.86. The Morgan fingerprint density at radius 2 is 1.95 bits per heavy atom. The van der Waals surface area contributed by atoms with Gasteiger partial charge in [0, 0.05) is 31.3 Å². The van der Waals surface area contributed by atoms with Crippen LogP contribution in [0.4, 0.5) is 10.6 Å². The molecule has 1 saturated heterocycles. The van der Waals surface area contributed by atoms with Gasteiger partial charge in [0.1, 0.15) is 37.0 Å². The van der Waals surface area contributed by atoms with Gasteiger partial charge in [-0.1, -0.05) is 36.4 Å². The van der Waals surface area contributed by atoms with E-state index in [0.717, 1.165) is 5.56 Å². The van der Waals surface area contributed by atoms with E-state index >= 15 is 0 Å². The van der Waals surface area contributed by atoms with Gasteiger partial charge in [-0.25, -0.2) is 14.6 Å². The number of carbonyl (C=O) groups is 2. The number of benzene rings is 1. The SMILES string of the molecule is CC(=O)O[C@H]1C[C@H](n2cc(C)c(=O)[nH]c2=O)O[C@@H]1COC(=O)OC(CNc1ccccn1)c1ccccc1. The minimum atomic E-state index is -0.952. The molecule has 1 aliphatic heterocycles. The maximum Gasteiger partial charge on any atom is 0.509 e. The predicted molar refractivity (Wildman–Crippen MR) is 134 cm³/mol. The number of anilines is 1. The average molecular weight is 525 g/mol. The van der Waals surface area contributed by atoms with Crippen molar-refractivity contribution in [2.24, 2.45) is 0 Å². The Morgan fingerprint density at radius 3 is 2.66 bits per heavy atom. The summed E-state index contributed by atoms with van der Waals surface area (Å²) in [6.45, 7) is 2.74. The average Bonchev–Trinajstić information content (AvgIpc) is 3.30. The topological polar surface area (TPSA) is 151 Å². The highest BCUT2D eigenvalue weighted by Gasteiger charge is 2.40. The second kappa shape index (κ2) is 12.2. The van der Waals surface area contributed by atoms with Crippen LogP contribution in [0.5, 0.6) is 0 Å². The van der Waals surface area contributed by atoms with Gasteiger partial charge in [-0.05, 0) is 24.6 Å². The van der Waals surface area contributed by atoms with Gasteiger partial charge in [-0.3, -0.25) is 19.1 Å². The number of aromatic amines is 1. The zero-order chi connectivity index (χ0) is 27.1. The summed E-state index contributed by atoms with van der Waals surface area (Å²) in [4.78, 5) is 54.8. The molecule has 0 aliphatic carbocycles. The van der Waals surface area contributed by atoms with Gasteiger partial charge in [0.2, 0.25) is 0 Å². The summed E-state index contributed by atoms with van der Waals surface area (Å²) in [6, 6.07) is 14.6. The van der Waals surface area contributed by atoms with Crippen LogP contribution >= 0.6 is 0 Å². The van der Waals surface area contributed by atoms with Gasteiger partial charge in [0.25, 0.3) is 5.56 Å². The molecule has 2 aromatic heterocycles. The first-order valence-corrected chi connectivity index (χ1v) is 12.0. The van der Waals surface area contributed by atoms with Crippen molar-refractivity contribution in [3.63, 3.8) is 0 Å². The van der Waals surface area contributed by atoms with Crippen molar-refractivity contribution < 1.29 is 28.5 Å². The lowest BCUT2D eigenvalue weighted by Gasteiger charge is -2.21. The normalized spacial score (nSPS) is 19.4. The van der Waals surface area contributed by atoms with Gasteiger partial charge < -0.3 is 24.3 Å². The van der Waals surface area contributed by atoms with Gasteiger partial charge in [0.05, 0.1) is 6.54 Å². The molecule has 2 N–H and O–H groups in total. The molecule has 0 saturated carbocycles. The van der Waals surface area contributed by atoms with E-state index in [2.05, 4.69) is 15.3 Å². The summed E-state index contributed by atoms with van der Waals surface area (Å²) >= 11 is 0. The van der Waals surface area contributed by atoms with Crippen LogP contribution in [-0.2, 0) is 23.7 Å². The molecule has 4 rings (SSSR count). The van der Waals surface area contributed by atoms with Crippen LogP contribution < -0.4 is 16.6 Å². The van der Waals surface area contributed by atoms with E-state index in [1.54, 1.807) is 25.3 Å². The summed E-state index contributed by atoms with van der Waals surface area (Å²) in [5.74, 6) is 0.0642. The second-order valence-corrected chi connectivity index (χ2v) is 8.67. The number of hydrogen-bond acceptors (Lipinski definition) is 10. The maximum atomic E-state index is 12.7. The van der Waals surface area contributed by atoms with Crippen molar-refractivity contribution in [1.29, 1.82) is 0 Å². The van der Waals surface area contributed by atoms with Gasteiger partial charge >= 0.3 is 17.8 Å². The van der Waals surface area contributed by atoms with E-state index in [1.807, 2.05) is 36.4 Å². The Balaban J connectivity index is 1.41. The second-order valence-electron chi connectivity index (χ2n) is 8.67. The van der Waals surface area contributed by atoms with Crippen LogP contribution in [0.25, 0.3) is 0 Å². The molecule has 0 bridgehead atoms. The molecular formula is C26H28N4O8. The molecule has 12 heteroatoms. The number of pyridine rings is 1. The monoisotopic (exact) mass is 524 g/mol. The zero-order valence-corrected chi connectivity index (χ0v) is 20.9. The molecule has 12 nitrogen and oxygen atoms in total. The third kappa shape index (κ3) is 6.85. The van der Waals surface area contributed by atoms with Crippen LogP contribution in [0.1, 0.15) is 36.8 Å². The van der Waals surface area contributed by atoms with Crippen molar-refractivity contribution in [3.8, 4) is 0 Å². The van der Waals surface area contributed by atoms with Crippen molar-refractivity contribution >= 4 is 17.9 Å². The summed E-state index contributed by atoms with van der Waals surface area (Å²) in [5, 5.41) is 3.13. The maximum absolute atomic E-state index is 12.7. The highest BCUT2D eigenvalue weighted by Crippen LogP contribution is 2.30. The number of aromatic nitrogens is 3. The van der Waals surface area contributed by atoms with Crippen LogP contribution in [-0.4, -0.2) is 52.0 Å². The summed E-state index contributed by atoms with van der Waals surface area (Å²) in [5.41, 5.74) is -0.115. The van der Waals surface area contributed by atoms with Crippen LogP contribution in [0.2, 0.25) is 0 Å². The van der Waals surface area contributed by atoms with Gasteiger partial charge in [-0.15, -0.1) is 0 Å². The molecule has 1 unspecified atom stereocenters. The standard InChI is InChI=1S/C26H28N4O8/c1-16-14-30(25(33)29-24(16)32)23-12-19(36-17(2)31)21(37-23)15-35-26(34)38-20(18-8-4-3-5-9-18)13-28-22-10-6-7-11-27-22/h3-11,14,19-21,23H,12-13,15H2,1-2H3,(H,27,28)(H,29,32,33)/t19-,20?,21+,23+/m0/s1. The Kier molecular flexibility index (Phi) is 8.54. The molecule has 4 atom stereocenters. The molecule has 3 heterocycles. The van der Waals surface area contributed by atoms with E-state index < -0.39 is 47.9 Å². The number of carbonyl (C=O) groups excluding carboxylic acids is 2. The fourth-order valence-corrected chi connectivity index (χ4v) is 4.02. The zero-order valence-electron chi connectivity index (χ0n) is 20.9. The smallest absolute Gasteiger partial charge is 0.459 e. The molecule has 0 radical (unpaired) electrons. The lowest BCUT2D eigenvalue weighted by Crippen LogP contribution is -2.33. The summed E-state index contributed by atoms with van der Waals surface area (Å²) in [7, 11) is 0. The first kappa shape index (κ1) is 26.6. The molecule has 1 aromatic carbocycles. The van der Waals surface area contributed by atoms with Crippen LogP contribution in [0.15, 0.2) is 70.5 Å². The van der Waals surface area contributed by atoms with Crippen molar-refractivity contribution in [2.45, 2.75) is 44.8 Å². The highest BCUT2D eigenvalue weighted by atomic mass is 16.7. The number of nitrogens with zero attached hydrogens (tertiary/aromatic N) is 2. The Bertz CT molecular complexity index is 1360. The predicted octanol–water partition coefficient (Wildman–Crippen LogP) is 2.47. The number of ether oxygens (including phenoxy) is 4. The van der Waals surface area contributed by atoms with E-state index in [1.165, 1.54) is 17.7 Å². The molecule has 3 aromatic rings. The quantitative estimate of drug-likeness (QED) is 0.400. The van der Waals surface area contributed by atoms with E-state index in [4.69, 9.17) is 18.9 Å². The lowest BCUT2D eigenvalue weighted by molar-refractivity contribution is -0.150. The number of rotatable bonds is 9. The molecule has 1 fully saturated rings. The van der Waals surface area contributed by atoms with Crippen molar-refractivity contribution in [3.05, 3.63) is 92.9 Å². The van der Waals surface area contributed by atoms with E-state index in [0.29, 0.717) is 11.4 Å².